The SMILES string of the molecule is Cc1[nH]c2c(C(=O)Nc3ccc(CC(N)=O)cc3)cccc2c1C. The average Bonchev–Trinajstić information content (AvgIpc) is 2.84. The lowest BCUT2D eigenvalue weighted by Gasteiger charge is -2.07. The number of aromatic nitrogens is 1. The lowest BCUT2D eigenvalue weighted by atomic mass is 10.1. The van der Waals surface area contributed by atoms with E-state index in [2.05, 4.69) is 10.3 Å². The number of primary amides is 1. The number of amides is 2. The summed E-state index contributed by atoms with van der Waals surface area (Å²) in [5.74, 6) is -0.555. The van der Waals surface area contributed by atoms with E-state index in [1.165, 1.54) is 0 Å². The number of anilines is 1. The van der Waals surface area contributed by atoms with Gasteiger partial charge in [0.05, 0.1) is 17.5 Å². The van der Waals surface area contributed by atoms with Gasteiger partial charge in [-0.25, -0.2) is 0 Å². The van der Waals surface area contributed by atoms with Crippen LogP contribution in [0.4, 0.5) is 5.69 Å². The Labute approximate surface area is 139 Å². The van der Waals surface area contributed by atoms with Gasteiger partial charge in [0, 0.05) is 16.8 Å². The number of benzene rings is 2. The normalized spacial score (nSPS) is 10.8. The van der Waals surface area contributed by atoms with Crippen molar-refractivity contribution in [3.8, 4) is 0 Å². The Hall–Kier alpha value is -3.08. The standard InChI is InChI=1S/C19H19N3O2/c1-11-12(2)21-18-15(11)4-3-5-16(18)19(24)22-14-8-6-13(7-9-14)10-17(20)23/h3-9,21H,10H2,1-2H3,(H2,20,23)(H,22,24). The number of fused-ring (bicyclic) bond motifs is 1. The van der Waals surface area contributed by atoms with Crippen LogP contribution in [0, 0.1) is 13.8 Å². The fourth-order valence-electron chi connectivity index (χ4n) is 2.78. The largest absolute Gasteiger partial charge is 0.369 e. The molecule has 2 amide bonds. The van der Waals surface area contributed by atoms with E-state index in [-0.39, 0.29) is 18.2 Å². The van der Waals surface area contributed by atoms with E-state index >= 15 is 0 Å². The Morgan fingerprint density at radius 3 is 2.46 bits per heavy atom. The molecule has 24 heavy (non-hydrogen) atoms. The highest BCUT2D eigenvalue weighted by Gasteiger charge is 2.14. The molecule has 5 nitrogen and oxygen atoms in total. The highest BCUT2D eigenvalue weighted by molar-refractivity contribution is 6.12. The topological polar surface area (TPSA) is 88.0 Å². The van der Waals surface area contributed by atoms with Crippen molar-refractivity contribution in [2.45, 2.75) is 20.3 Å². The minimum Gasteiger partial charge on any atom is -0.369 e. The Bertz CT molecular complexity index is 924. The van der Waals surface area contributed by atoms with Crippen molar-refractivity contribution >= 4 is 28.4 Å². The van der Waals surface area contributed by atoms with Crippen LogP contribution in [-0.2, 0) is 11.2 Å². The van der Waals surface area contributed by atoms with Crippen molar-refractivity contribution in [3.05, 3.63) is 64.8 Å². The maximum absolute atomic E-state index is 12.6. The van der Waals surface area contributed by atoms with Crippen LogP contribution >= 0.6 is 0 Å². The molecule has 0 saturated heterocycles. The molecule has 0 aliphatic rings. The molecule has 2 aromatic carbocycles. The summed E-state index contributed by atoms with van der Waals surface area (Å²) >= 11 is 0. The number of carbonyl (C=O) groups is 2. The third kappa shape index (κ3) is 3.01. The summed E-state index contributed by atoms with van der Waals surface area (Å²) in [5.41, 5.74) is 10.3. The van der Waals surface area contributed by atoms with Crippen molar-refractivity contribution in [2.24, 2.45) is 5.73 Å². The van der Waals surface area contributed by atoms with Crippen LogP contribution in [0.2, 0.25) is 0 Å². The van der Waals surface area contributed by atoms with E-state index in [4.69, 9.17) is 5.73 Å². The average molecular weight is 321 g/mol. The molecule has 0 bridgehead atoms. The van der Waals surface area contributed by atoms with Crippen molar-refractivity contribution in [1.29, 1.82) is 0 Å². The molecule has 3 aromatic rings. The van der Waals surface area contributed by atoms with E-state index in [0.29, 0.717) is 11.3 Å². The van der Waals surface area contributed by atoms with Gasteiger partial charge in [0.25, 0.3) is 5.91 Å². The third-order valence-corrected chi connectivity index (χ3v) is 4.18. The zero-order valence-electron chi connectivity index (χ0n) is 13.6. The number of hydrogen-bond donors (Lipinski definition) is 3. The molecule has 1 aromatic heterocycles. The van der Waals surface area contributed by atoms with Gasteiger partial charge in [-0.15, -0.1) is 0 Å². The van der Waals surface area contributed by atoms with E-state index < -0.39 is 0 Å². The van der Waals surface area contributed by atoms with Gasteiger partial charge < -0.3 is 16.0 Å². The van der Waals surface area contributed by atoms with Gasteiger partial charge in [-0.05, 0) is 43.2 Å². The molecule has 0 aliphatic carbocycles. The second-order valence-electron chi connectivity index (χ2n) is 5.90. The molecule has 0 atom stereocenters. The molecule has 3 rings (SSSR count). The maximum Gasteiger partial charge on any atom is 0.257 e. The molecule has 0 radical (unpaired) electrons. The van der Waals surface area contributed by atoms with E-state index in [0.717, 1.165) is 27.7 Å². The Morgan fingerprint density at radius 2 is 1.79 bits per heavy atom. The van der Waals surface area contributed by atoms with Crippen molar-refractivity contribution in [3.63, 3.8) is 0 Å². The summed E-state index contributed by atoms with van der Waals surface area (Å²) in [5, 5.41) is 3.94. The Balaban J connectivity index is 1.85. The number of nitrogens with one attached hydrogen (secondary N) is 2. The maximum atomic E-state index is 12.6. The lowest BCUT2D eigenvalue weighted by Crippen LogP contribution is -2.14. The second kappa shape index (κ2) is 6.20. The molecule has 0 spiro atoms. The van der Waals surface area contributed by atoms with Crippen LogP contribution in [0.5, 0.6) is 0 Å². The molecule has 0 unspecified atom stereocenters. The van der Waals surface area contributed by atoms with Crippen LogP contribution in [-0.4, -0.2) is 16.8 Å². The number of H-pyrrole nitrogens is 1. The Kier molecular flexibility index (Phi) is 4.08. The minimum absolute atomic E-state index is 0.176. The van der Waals surface area contributed by atoms with Gasteiger partial charge in [-0.2, -0.15) is 0 Å². The van der Waals surface area contributed by atoms with Crippen molar-refractivity contribution in [2.75, 3.05) is 5.32 Å². The fraction of sp³-hybridized carbons (Fsp3) is 0.158. The quantitative estimate of drug-likeness (QED) is 0.689. The van der Waals surface area contributed by atoms with Crippen LogP contribution in [0.25, 0.3) is 10.9 Å². The first-order chi connectivity index (χ1) is 11.5. The number of aromatic amines is 1. The summed E-state index contributed by atoms with van der Waals surface area (Å²) in [7, 11) is 0. The summed E-state index contributed by atoms with van der Waals surface area (Å²) in [6.45, 7) is 4.03. The summed E-state index contributed by atoms with van der Waals surface area (Å²) in [6.07, 6.45) is 0.189. The molecular weight excluding hydrogens is 302 g/mol. The zero-order chi connectivity index (χ0) is 17.3. The number of nitrogens with two attached hydrogens (primary N) is 1. The number of para-hydroxylation sites is 1. The third-order valence-electron chi connectivity index (χ3n) is 4.18. The smallest absolute Gasteiger partial charge is 0.257 e. The number of carbonyl (C=O) groups excluding carboxylic acids is 2. The summed E-state index contributed by atoms with van der Waals surface area (Å²) < 4.78 is 0. The monoisotopic (exact) mass is 321 g/mol. The predicted molar refractivity (Wildman–Crippen MR) is 95.1 cm³/mol. The van der Waals surface area contributed by atoms with E-state index in [9.17, 15) is 9.59 Å². The fourth-order valence-corrected chi connectivity index (χ4v) is 2.78. The van der Waals surface area contributed by atoms with Gasteiger partial charge in [0.2, 0.25) is 5.91 Å². The highest BCUT2D eigenvalue weighted by atomic mass is 16.2. The first kappa shape index (κ1) is 15.8. The molecule has 0 saturated carbocycles. The van der Waals surface area contributed by atoms with E-state index in [1.54, 1.807) is 30.3 Å². The van der Waals surface area contributed by atoms with Crippen LogP contribution < -0.4 is 11.1 Å². The van der Waals surface area contributed by atoms with Crippen LogP contribution in [0.1, 0.15) is 27.2 Å². The van der Waals surface area contributed by atoms with E-state index in [1.807, 2.05) is 26.0 Å². The Morgan fingerprint density at radius 1 is 1.08 bits per heavy atom. The molecular formula is C19H19N3O2. The highest BCUT2D eigenvalue weighted by Crippen LogP contribution is 2.25. The van der Waals surface area contributed by atoms with Gasteiger partial charge in [0.1, 0.15) is 0 Å². The first-order valence-corrected chi connectivity index (χ1v) is 7.72. The second-order valence-corrected chi connectivity index (χ2v) is 5.90. The molecule has 4 N–H and O–H groups in total. The van der Waals surface area contributed by atoms with Crippen LogP contribution in [0.15, 0.2) is 42.5 Å². The molecule has 122 valence electrons. The predicted octanol–water partition coefficient (Wildman–Crippen LogP) is 3.06. The van der Waals surface area contributed by atoms with Gasteiger partial charge >= 0.3 is 0 Å². The lowest BCUT2D eigenvalue weighted by molar-refractivity contribution is -0.117. The minimum atomic E-state index is -0.379. The molecule has 0 aliphatic heterocycles. The number of rotatable bonds is 4. The van der Waals surface area contributed by atoms with Crippen molar-refractivity contribution < 1.29 is 9.59 Å². The number of aryl methyl sites for hydroxylation is 2. The summed E-state index contributed by atoms with van der Waals surface area (Å²) in [4.78, 5) is 26.8. The first-order valence-electron chi connectivity index (χ1n) is 7.72. The van der Waals surface area contributed by atoms with Gasteiger partial charge in [-0.1, -0.05) is 24.3 Å². The van der Waals surface area contributed by atoms with Crippen LogP contribution in [0.3, 0.4) is 0 Å². The van der Waals surface area contributed by atoms with Crippen molar-refractivity contribution in [1.82, 2.24) is 4.98 Å². The molecule has 0 fully saturated rings. The summed E-state index contributed by atoms with van der Waals surface area (Å²) in [6, 6.07) is 12.8. The van der Waals surface area contributed by atoms with Gasteiger partial charge in [0.15, 0.2) is 0 Å². The number of hydrogen-bond acceptors (Lipinski definition) is 2. The molecule has 5 heteroatoms. The molecule has 1 heterocycles. The van der Waals surface area contributed by atoms with Gasteiger partial charge in [-0.3, -0.25) is 9.59 Å². The zero-order valence-corrected chi connectivity index (χ0v) is 13.6.